The minimum Gasteiger partial charge on any atom is -0.0951 e. The molecule has 0 heterocycles. The first-order chi connectivity index (χ1) is 14.3. The van der Waals surface area contributed by atoms with Crippen molar-refractivity contribution in [2.24, 2.45) is 17.8 Å². The van der Waals surface area contributed by atoms with Crippen LogP contribution in [0, 0.1) is 29.6 Å². The van der Waals surface area contributed by atoms with Crippen LogP contribution in [0.5, 0.6) is 0 Å². The van der Waals surface area contributed by atoms with Gasteiger partial charge in [-0.05, 0) is 99.2 Å². The van der Waals surface area contributed by atoms with E-state index >= 15 is 0 Å². The molecule has 1 aromatic carbocycles. The smallest absolute Gasteiger partial charge is 0.0206 e. The van der Waals surface area contributed by atoms with Crippen molar-refractivity contribution in [3.63, 3.8) is 0 Å². The minimum atomic E-state index is 0.611. The van der Waals surface area contributed by atoms with Gasteiger partial charge in [0.25, 0.3) is 0 Å². The second kappa shape index (κ2) is 12.3. The Balaban J connectivity index is 1.38. The molecular formula is C29H42. The molecule has 158 valence electrons. The molecule has 2 fully saturated rings. The van der Waals surface area contributed by atoms with E-state index in [1.54, 1.807) is 5.56 Å². The van der Waals surface area contributed by atoms with Gasteiger partial charge >= 0.3 is 0 Å². The first-order valence-electron chi connectivity index (χ1n) is 12.5. The quantitative estimate of drug-likeness (QED) is 0.323. The summed E-state index contributed by atoms with van der Waals surface area (Å²) in [6.45, 7) is 4.61. The summed E-state index contributed by atoms with van der Waals surface area (Å²) in [6, 6.07) is 9.53. The van der Waals surface area contributed by atoms with Crippen LogP contribution in [0.25, 0.3) is 0 Å². The summed E-state index contributed by atoms with van der Waals surface area (Å²) in [4.78, 5) is 0. The lowest BCUT2D eigenvalue weighted by Gasteiger charge is -2.26. The van der Waals surface area contributed by atoms with Gasteiger partial charge in [0.2, 0.25) is 0 Å². The predicted molar refractivity (Wildman–Crippen MR) is 127 cm³/mol. The maximum Gasteiger partial charge on any atom is 0.0206 e. The van der Waals surface area contributed by atoms with Crippen molar-refractivity contribution in [1.29, 1.82) is 0 Å². The molecule has 2 aliphatic carbocycles. The zero-order chi connectivity index (χ0) is 20.3. The zero-order valence-electron chi connectivity index (χ0n) is 19.0. The second-order valence-electron chi connectivity index (χ2n) is 9.58. The third-order valence-electron chi connectivity index (χ3n) is 7.46. The highest BCUT2D eigenvalue weighted by Gasteiger charge is 2.21. The maximum atomic E-state index is 3.55. The molecule has 0 aromatic heterocycles. The van der Waals surface area contributed by atoms with Crippen LogP contribution in [-0.4, -0.2) is 0 Å². The van der Waals surface area contributed by atoms with Crippen LogP contribution in [0.3, 0.4) is 0 Å². The summed E-state index contributed by atoms with van der Waals surface area (Å²) in [7, 11) is 0. The highest BCUT2D eigenvalue weighted by Crippen LogP contribution is 2.35. The van der Waals surface area contributed by atoms with Crippen molar-refractivity contribution >= 4 is 0 Å². The standard InChI is InChI=1S/C29H42/c1-3-5-6-9-26-16-20-28(21-17-26)29-22-18-27(19-23-29)11-8-7-10-25-14-12-24(4-2)13-15-25/h7,10,16-17,20-21,24-25,27,29H,3-6,9,12-15,18-19,22-23H2,1-2H3/t24-,25-,27-,29-. The van der Waals surface area contributed by atoms with Crippen LogP contribution in [0.1, 0.15) is 108 Å². The van der Waals surface area contributed by atoms with Gasteiger partial charge in [-0.3, -0.25) is 0 Å². The van der Waals surface area contributed by atoms with Crippen molar-refractivity contribution in [3.05, 3.63) is 47.5 Å². The largest absolute Gasteiger partial charge is 0.0951 e. The fraction of sp³-hybridized carbons (Fsp3) is 0.655. The molecule has 0 aliphatic heterocycles. The van der Waals surface area contributed by atoms with Gasteiger partial charge in [-0.1, -0.05) is 75.3 Å². The molecule has 2 aliphatic rings. The number of rotatable bonds is 7. The lowest BCUT2D eigenvalue weighted by molar-refractivity contribution is 0.304. The summed E-state index contributed by atoms with van der Waals surface area (Å²) in [5.74, 6) is 10.1. The van der Waals surface area contributed by atoms with Gasteiger partial charge in [0, 0.05) is 5.92 Å². The van der Waals surface area contributed by atoms with Crippen molar-refractivity contribution in [1.82, 2.24) is 0 Å². The SMILES string of the molecule is CCCCCc1ccc([C@H]2CC[C@H](C#CC=C[C@H]3CC[C@H](CC)CC3)CC2)cc1. The number of benzene rings is 1. The molecule has 29 heavy (non-hydrogen) atoms. The van der Waals surface area contributed by atoms with Crippen molar-refractivity contribution in [3.8, 4) is 11.8 Å². The van der Waals surface area contributed by atoms with E-state index in [2.05, 4.69) is 62.1 Å². The van der Waals surface area contributed by atoms with Crippen LogP contribution in [0.15, 0.2) is 36.4 Å². The van der Waals surface area contributed by atoms with Crippen molar-refractivity contribution in [2.75, 3.05) is 0 Å². The van der Waals surface area contributed by atoms with Gasteiger partial charge in [-0.25, -0.2) is 0 Å². The number of unbranched alkanes of at least 4 members (excludes halogenated alkanes) is 2. The van der Waals surface area contributed by atoms with E-state index in [9.17, 15) is 0 Å². The third kappa shape index (κ3) is 7.37. The van der Waals surface area contributed by atoms with Gasteiger partial charge in [-0.15, -0.1) is 0 Å². The summed E-state index contributed by atoms with van der Waals surface area (Å²) in [6.07, 6.45) is 21.9. The van der Waals surface area contributed by atoms with Crippen LogP contribution in [0.4, 0.5) is 0 Å². The van der Waals surface area contributed by atoms with Crippen molar-refractivity contribution in [2.45, 2.75) is 103 Å². The molecule has 3 rings (SSSR count). The van der Waals surface area contributed by atoms with Crippen LogP contribution in [-0.2, 0) is 6.42 Å². The third-order valence-corrected chi connectivity index (χ3v) is 7.46. The Bertz CT molecular complexity index is 652. The molecule has 0 N–H and O–H groups in total. The molecular weight excluding hydrogens is 348 g/mol. The van der Waals surface area contributed by atoms with E-state index in [0.717, 1.165) is 17.8 Å². The monoisotopic (exact) mass is 390 g/mol. The highest BCUT2D eigenvalue weighted by molar-refractivity contribution is 5.26. The fourth-order valence-electron chi connectivity index (χ4n) is 5.25. The van der Waals surface area contributed by atoms with E-state index in [0.29, 0.717) is 5.92 Å². The molecule has 0 saturated heterocycles. The number of hydrogen-bond acceptors (Lipinski definition) is 0. The van der Waals surface area contributed by atoms with Crippen LogP contribution >= 0.6 is 0 Å². The first kappa shape index (κ1) is 22.2. The molecule has 2 saturated carbocycles. The molecule has 0 nitrogen and oxygen atoms in total. The predicted octanol–water partition coefficient (Wildman–Crippen LogP) is 8.47. The molecule has 0 bridgehead atoms. The molecule has 0 heteroatoms. The van der Waals surface area contributed by atoms with Crippen molar-refractivity contribution < 1.29 is 0 Å². The van der Waals surface area contributed by atoms with E-state index in [-0.39, 0.29) is 0 Å². The lowest BCUT2D eigenvalue weighted by Crippen LogP contribution is -2.12. The van der Waals surface area contributed by atoms with E-state index in [4.69, 9.17) is 0 Å². The van der Waals surface area contributed by atoms with Gasteiger partial charge in [-0.2, -0.15) is 0 Å². The van der Waals surface area contributed by atoms with Gasteiger partial charge in [0.1, 0.15) is 0 Å². The Labute approximate surface area is 180 Å². The van der Waals surface area contributed by atoms with Crippen LogP contribution in [0.2, 0.25) is 0 Å². The van der Waals surface area contributed by atoms with Gasteiger partial charge in [0.15, 0.2) is 0 Å². The van der Waals surface area contributed by atoms with Gasteiger partial charge < -0.3 is 0 Å². The molecule has 0 amide bonds. The number of allylic oxidation sites excluding steroid dienone is 2. The zero-order valence-corrected chi connectivity index (χ0v) is 19.0. The number of aryl methyl sites for hydroxylation is 1. The molecule has 0 unspecified atom stereocenters. The maximum absolute atomic E-state index is 3.55. The van der Waals surface area contributed by atoms with Crippen LogP contribution < -0.4 is 0 Å². The fourth-order valence-corrected chi connectivity index (χ4v) is 5.25. The Morgan fingerprint density at radius 2 is 1.59 bits per heavy atom. The Morgan fingerprint density at radius 3 is 2.24 bits per heavy atom. The van der Waals surface area contributed by atoms with E-state index in [1.165, 1.54) is 89.0 Å². The van der Waals surface area contributed by atoms with Gasteiger partial charge in [0.05, 0.1) is 0 Å². The summed E-state index contributed by atoms with van der Waals surface area (Å²) < 4.78 is 0. The average molecular weight is 391 g/mol. The number of hydrogen-bond donors (Lipinski definition) is 0. The summed E-state index contributed by atoms with van der Waals surface area (Å²) >= 11 is 0. The Morgan fingerprint density at radius 1 is 0.862 bits per heavy atom. The Hall–Kier alpha value is -1.48. The molecule has 0 radical (unpaired) electrons. The minimum absolute atomic E-state index is 0.611. The normalized spacial score (nSPS) is 27.5. The topological polar surface area (TPSA) is 0 Å². The molecule has 0 spiro atoms. The first-order valence-corrected chi connectivity index (χ1v) is 12.5. The molecule has 1 aromatic rings. The second-order valence-corrected chi connectivity index (χ2v) is 9.58. The highest BCUT2D eigenvalue weighted by atomic mass is 14.3. The van der Waals surface area contributed by atoms with E-state index < -0.39 is 0 Å². The summed E-state index contributed by atoms with van der Waals surface area (Å²) in [5, 5.41) is 0. The average Bonchev–Trinajstić information content (AvgIpc) is 2.78. The molecule has 0 atom stereocenters. The Kier molecular flexibility index (Phi) is 9.40. The van der Waals surface area contributed by atoms with E-state index in [1.807, 2.05) is 0 Å². The summed E-state index contributed by atoms with van der Waals surface area (Å²) in [5.41, 5.74) is 3.06. The lowest BCUT2D eigenvalue weighted by atomic mass is 9.78.